The Labute approximate surface area is 92.7 Å². The Morgan fingerprint density at radius 3 is 0.643 bits per heavy atom. The van der Waals surface area contributed by atoms with Gasteiger partial charge >= 0.3 is 34.1 Å². The number of hydrogen-bond donors (Lipinski definition) is 7. The molecule has 0 spiro atoms. The van der Waals surface area contributed by atoms with Gasteiger partial charge in [0.05, 0.1) is 7.32 Å². The Morgan fingerprint density at radius 1 is 0.643 bits per heavy atom. The predicted molar refractivity (Wildman–Crippen MR) is 36.4 cm³/mol. The van der Waals surface area contributed by atoms with Gasteiger partial charge in [0.25, 0.3) is 0 Å². The molecule has 0 fully saturated rings. The monoisotopic (exact) mass is 266 g/mol. The summed E-state index contributed by atoms with van der Waals surface area (Å²) in [6, 6.07) is 0. The van der Waals surface area contributed by atoms with Gasteiger partial charge in [-0.3, -0.25) is 0 Å². The summed E-state index contributed by atoms with van der Waals surface area (Å²) in [5, 5.41) is 67.0. The van der Waals surface area contributed by atoms with E-state index in [2.05, 4.69) is 0 Å². The van der Waals surface area contributed by atoms with E-state index in [0.29, 0.717) is 0 Å². The summed E-state index contributed by atoms with van der Waals surface area (Å²) in [4.78, 5) is 0. The molecule has 0 saturated heterocycles. The molecule has 0 aromatic heterocycles. The minimum absolute atomic E-state index is 0. The third kappa shape index (κ3) is 9260. The third-order valence-corrected chi connectivity index (χ3v) is 0. The maximum absolute atomic E-state index is 8.53. The molecule has 0 aromatic carbocycles. The fourth-order valence-electron chi connectivity index (χ4n) is 0. The fourth-order valence-corrected chi connectivity index (χ4v) is 0. The van der Waals surface area contributed by atoms with Crippen LogP contribution in [0.2, 0.25) is 0 Å². The molecule has 0 bridgehead atoms. The van der Waals surface area contributed by atoms with E-state index in [1.807, 2.05) is 0 Å². The third-order valence-electron chi connectivity index (χ3n) is 0. The molecule has 0 atom stereocenters. The minimum Gasteiger partial charge on any atom is -0.871 e. The standard InChI is InChI=1S/2BH3O3.BHO3.H2O.Zn/c3*2-1(3)4;;/h2*2-4H;2H;1H2;/q;;-2;;+2. The molecule has 0 aromatic rings. The van der Waals surface area contributed by atoms with E-state index in [1.54, 1.807) is 0 Å². The predicted octanol–water partition coefficient (Wildman–Crippen LogP) is -8.25. The van der Waals surface area contributed by atoms with E-state index in [9.17, 15) is 0 Å². The normalized spacial score (nSPS) is 5.79. The average Bonchev–Trinajstić information content (AvgIpc) is 1.54. The van der Waals surface area contributed by atoms with Crippen LogP contribution in [0.25, 0.3) is 0 Å². The summed E-state index contributed by atoms with van der Waals surface area (Å²) in [5.74, 6) is 0. The van der Waals surface area contributed by atoms with Gasteiger partial charge in [-0.2, -0.15) is 0 Å². The molecule has 0 amide bonds. The largest absolute Gasteiger partial charge is 2.00 e. The fraction of sp³-hybridized carbons (Fsp3) is 0. The van der Waals surface area contributed by atoms with Crippen LogP contribution in [-0.4, -0.2) is 62.6 Å². The van der Waals surface area contributed by atoms with E-state index >= 15 is 0 Å². The van der Waals surface area contributed by atoms with E-state index < -0.39 is 22.0 Å². The van der Waals surface area contributed by atoms with Crippen LogP contribution in [0.4, 0.5) is 0 Å². The van der Waals surface area contributed by atoms with Crippen LogP contribution in [0.15, 0.2) is 0 Å². The van der Waals surface area contributed by atoms with Crippen molar-refractivity contribution < 1.29 is 70.2 Å². The zero-order chi connectivity index (χ0) is 10.7. The molecular formula is H9B3O10Zn. The molecule has 10 nitrogen and oxygen atoms in total. The summed E-state index contributed by atoms with van der Waals surface area (Å²) < 4.78 is 0. The first-order chi connectivity index (χ1) is 5.20. The molecular weight excluding hydrogens is 258 g/mol. The molecule has 14 heavy (non-hydrogen) atoms. The summed E-state index contributed by atoms with van der Waals surface area (Å²) in [6.45, 7) is 0. The average molecular weight is 267 g/mol. The SMILES string of the molecule is O.OB(O)O.OB(O)O.[O-]B([O-])O.[Zn+2]. The van der Waals surface area contributed by atoms with Crippen molar-refractivity contribution in [1.82, 2.24) is 0 Å². The quantitative estimate of drug-likeness (QED) is 0.207. The van der Waals surface area contributed by atoms with Crippen LogP contribution in [0.5, 0.6) is 0 Å². The smallest absolute Gasteiger partial charge is 0.871 e. The van der Waals surface area contributed by atoms with Gasteiger partial charge < -0.3 is 50.7 Å². The second-order valence-electron chi connectivity index (χ2n) is 1.000. The molecule has 0 unspecified atom stereocenters. The first-order valence-electron chi connectivity index (χ1n) is 2.28. The second kappa shape index (κ2) is 23.3. The van der Waals surface area contributed by atoms with E-state index in [1.165, 1.54) is 0 Å². The van der Waals surface area contributed by atoms with Crippen LogP contribution in [0.3, 0.4) is 0 Å². The molecule has 9 N–H and O–H groups in total. The summed E-state index contributed by atoms with van der Waals surface area (Å²) in [7, 11) is -7.00. The molecule has 0 aliphatic heterocycles. The van der Waals surface area contributed by atoms with Crippen LogP contribution >= 0.6 is 0 Å². The van der Waals surface area contributed by atoms with Crippen molar-refractivity contribution in [3.05, 3.63) is 0 Å². The first-order valence-corrected chi connectivity index (χ1v) is 2.28. The van der Waals surface area contributed by atoms with Gasteiger partial charge in [0.15, 0.2) is 0 Å². The van der Waals surface area contributed by atoms with Crippen molar-refractivity contribution in [2.24, 2.45) is 0 Å². The molecule has 0 saturated carbocycles. The topological polar surface area (TPSA) is 219 Å². The van der Waals surface area contributed by atoms with Crippen molar-refractivity contribution in [2.75, 3.05) is 0 Å². The maximum atomic E-state index is 8.53. The molecule has 80 valence electrons. The Balaban J connectivity index is -0.0000000270. The molecule has 0 aliphatic carbocycles. The Bertz CT molecular complexity index is 43.9. The van der Waals surface area contributed by atoms with Crippen molar-refractivity contribution in [1.29, 1.82) is 0 Å². The van der Waals surface area contributed by atoms with Crippen LogP contribution in [0.1, 0.15) is 0 Å². The Morgan fingerprint density at radius 2 is 0.643 bits per heavy atom. The molecule has 0 radical (unpaired) electrons. The first kappa shape index (κ1) is 29.3. The number of rotatable bonds is 0. The molecule has 0 rings (SSSR count). The van der Waals surface area contributed by atoms with Gasteiger partial charge in [0.2, 0.25) is 0 Å². The summed E-state index contributed by atoms with van der Waals surface area (Å²) >= 11 is 0. The Hall–Kier alpha value is 0.418. The van der Waals surface area contributed by atoms with Crippen LogP contribution < -0.4 is 10.0 Å². The van der Waals surface area contributed by atoms with Crippen LogP contribution in [0, 0.1) is 0 Å². The van der Waals surface area contributed by atoms with Gasteiger partial charge in [0.1, 0.15) is 0 Å². The van der Waals surface area contributed by atoms with Crippen LogP contribution in [-0.2, 0) is 19.5 Å². The second-order valence-corrected chi connectivity index (χ2v) is 1.000. The van der Waals surface area contributed by atoms with E-state index in [4.69, 9.17) is 45.2 Å². The van der Waals surface area contributed by atoms with E-state index in [-0.39, 0.29) is 25.0 Å². The van der Waals surface area contributed by atoms with Crippen molar-refractivity contribution in [3.63, 3.8) is 0 Å². The molecule has 0 heterocycles. The van der Waals surface area contributed by atoms with Gasteiger partial charge in [0, 0.05) is 0 Å². The van der Waals surface area contributed by atoms with E-state index in [0.717, 1.165) is 0 Å². The summed E-state index contributed by atoms with van der Waals surface area (Å²) in [6.07, 6.45) is 0. The molecule has 0 aliphatic rings. The van der Waals surface area contributed by atoms with Crippen molar-refractivity contribution >= 4 is 22.0 Å². The van der Waals surface area contributed by atoms with Crippen molar-refractivity contribution in [3.8, 4) is 0 Å². The zero-order valence-corrected chi connectivity index (χ0v) is 9.85. The van der Waals surface area contributed by atoms with Gasteiger partial charge in [-0.05, 0) is 0 Å². The summed E-state index contributed by atoms with van der Waals surface area (Å²) in [5.41, 5.74) is 0. The maximum Gasteiger partial charge on any atom is 2.00 e. The Kier molecular flexibility index (Phi) is 48.8. The van der Waals surface area contributed by atoms with Gasteiger partial charge in [-0.15, -0.1) is 0 Å². The number of hydrogen-bond acceptors (Lipinski definition) is 9. The van der Waals surface area contributed by atoms with Crippen molar-refractivity contribution in [2.45, 2.75) is 0 Å². The van der Waals surface area contributed by atoms with Gasteiger partial charge in [-0.1, -0.05) is 0 Å². The molecule has 14 heteroatoms. The zero-order valence-electron chi connectivity index (χ0n) is 6.89. The van der Waals surface area contributed by atoms with Gasteiger partial charge in [-0.25, -0.2) is 0 Å². The minimum atomic E-state index is -2.67.